The molecule has 1 aliphatic rings. The molecule has 1 nitrogen and oxygen atoms in total. The van der Waals surface area contributed by atoms with E-state index in [1.807, 2.05) is 12.1 Å². The van der Waals surface area contributed by atoms with Crippen LogP contribution < -0.4 is 0 Å². The largest absolute Gasteiger partial charge is 0.260 e. The van der Waals surface area contributed by atoms with Gasteiger partial charge in [0.05, 0.1) is 10.7 Å². The third kappa shape index (κ3) is 2.35. The molecule has 0 saturated heterocycles. The van der Waals surface area contributed by atoms with Gasteiger partial charge in [-0.3, -0.25) is 4.98 Å². The summed E-state index contributed by atoms with van der Waals surface area (Å²) in [6.07, 6.45) is 5.08. The van der Waals surface area contributed by atoms with Crippen molar-refractivity contribution in [1.29, 1.82) is 0 Å². The fourth-order valence-corrected chi connectivity index (χ4v) is 1.97. The molecule has 1 aliphatic carbocycles. The molecule has 0 radical (unpaired) electrons. The molecule has 13 heavy (non-hydrogen) atoms. The molecule has 0 aliphatic heterocycles. The maximum Gasteiger partial charge on any atom is 0.0622 e. The number of halogens is 2. The first-order chi connectivity index (χ1) is 6.27. The standard InChI is InChI=1S/C10H11Cl2N/c11-8-2-1-5-13-10(8)6-9(12)7-3-4-7/h1-2,5,7,9H,3-4,6H2. The predicted molar refractivity (Wildman–Crippen MR) is 55.3 cm³/mol. The molecule has 0 amide bonds. The third-order valence-electron chi connectivity index (χ3n) is 2.36. The van der Waals surface area contributed by atoms with Crippen LogP contribution in [-0.2, 0) is 6.42 Å². The van der Waals surface area contributed by atoms with Gasteiger partial charge < -0.3 is 0 Å². The lowest BCUT2D eigenvalue weighted by Crippen LogP contribution is -2.07. The number of rotatable bonds is 3. The van der Waals surface area contributed by atoms with Crippen LogP contribution in [0.2, 0.25) is 5.02 Å². The lowest BCUT2D eigenvalue weighted by Gasteiger charge is -2.07. The zero-order valence-electron chi connectivity index (χ0n) is 7.21. The van der Waals surface area contributed by atoms with Crippen LogP contribution in [0.15, 0.2) is 18.3 Å². The summed E-state index contributed by atoms with van der Waals surface area (Å²) in [5.41, 5.74) is 0.927. The Morgan fingerprint density at radius 2 is 2.31 bits per heavy atom. The molecule has 1 atom stereocenters. The second kappa shape index (κ2) is 3.85. The Hall–Kier alpha value is -0.270. The van der Waals surface area contributed by atoms with E-state index in [0.717, 1.165) is 17.1 Å². The van der Waals surface area contributed by atoms with Gasteiger partial charge in [-0.2, -0.15) is 0 Å². The molecule has 1 saturated carbocycles. The van der Waals surface area contributed by atoms with E-state index < -0.39 is 0 Å². The molecular weight excluding hydrogens is 205 g/mol. The van der Waals surface area contributed by atoms with Gasteiger partial charge in [-0.25, -0.2) is 0 Å². The van der Waals surface area contributed by atoms with E-state index in [-0.39, 0.29) is 5.38 Å². The normalized spacial score (nSPS) is 18.6. The number of hydrogen-bond donors (Lipinski definition) is 0. The highest BCUT2D eigenvalue weighted by Gasteiger charge is 2.30. The van der Waals surface area contributed by atoms with Crippen molar-refractivity contribution in [3.8, 4) is 0 Å². The molecule has 2 rings (SSSR count). The van der Waals surface area contributed by atoms with Gasteiger partial charge in [-0.15, -0.1) is 11.6 Å². The highest BCUT2D eigenvalue weighted by Crippen LogP contribution is 2.37. The summed E-state index contributed by atoms with van der Waals surface area (Å²) in [6, 6.07) is 3.70. The Balaban J connectivity index is 2.03. The smallest absolute Gasteiger partial charge is 0.0622 e. The van der Waals surface area contributed by atoms with Gasteiger partial charge in [0.2, 0.25) is 0 Å². The molecule has 1 fully saturated rings. The van der Waals surface area contributed by atoms with E-state index in [0.29, 0.717) is 5.92 Å². The quantitative estimate of drug-likeness (QED) is 0.706. The molecule has 0 spiro atoms. The van der Waals surface area contributed by atoms with Crippen LogP contribution in [0.1, 0.15) is 18.5 Å². The van der Waals surface area contributed by atoms with E-state index >= 15 is 0 Å². The summed E-state index contributed by atoms with van der Waals surface area (Å²) in [4.78, 5) is 4.21. The molecule has 0 bridgehead atoms. The van der Waals surface area contributed by atoms with Crippen molar-refractivity contribution in [2.75, 3.05) is 0 Å². The number of pyridine rings is 1. The fraction of sp³-hybridized carbons (Fsp3) is 0.500. The van der Waals surface area contributed by atoms with Gasteiger partial charge in [0.25, 0.3) is 0 Å². The molecular formula is C10H11Cl2N. The van der Waals surface area contributed by atoms with Gasteiger partial charge in [-0.1, -0.05) is 11.6 Å². The van der Waals surface area contributed by atoms with E-state index in [1.54, 1.807) is 6.20 Å². The monoisotopic (exact) mass is 215 g/mol. The Morgan fingerprint density at radius 3 is 2.92 bits per heavy atom. The minimum absolute atomic E-state index is 0.215. The van der Waals surface area contributed by atoms with Crippen LogP contribution in [0.4, 0.5) is 0 Å². The maximum atomic E-state index is 6.19. The minimum Gasteiger partial charge on any atom is -0.260 e. The van der Waals surface area contributed by atoms with E-state index in [2.05, 4.69) is 4.98 Å². The number of aromatic nitrogens is 1. The molecule has 1 unspecified atom stereocenters. The predicted octanol–water partition coefficient (Wildman–Crippen LogP) is 3.29. The molecule has 0 N–H and O–H groups in total. The first kappa shape index (κ1) is 9.29. The number of alkyl halides is 1. The third-order valence-corrected chi connectivity index (χ3v) is 3.21. The summed E-state index contributed by atoms with van der Waals surface area (Å²) >= 11 is 12.2. The van der Waals surface area contributed by atoms with Gasteiger partial charge in [0.1, 0.15) is 0 Å². The van der Waals surface area contributed by atoms with Gasteiger partial charge in [0.15, 0.2) is 0 Å². The molecule has 0 aromatic carbocycles. The first-order valence-electron chi connectivity index (χ1n) is 4.51. The van der Waals surface area contributed by atoms with Crippen LogP contribution in [-0.4, -0.2) is 10.4 Å². The summed E-state index contributed by atoms with van der Waals surface area (Å²) in [7, 11) is 0. The van der Waals surface area contributed by atoms with Gasteiger partial charge >= 0.3 is 0 Å². The van der Waals surface area contributed by atoms with Crippen molar-refractivity contribution in [1.82, 2.24) is 4.98 Å². The number of nitrogens with zero attached hydrogens (tertiary/aromatic N) is 1. The van der Waals surface area contributed by atoms with Crippen molar-refractivity contribution >= 4 is 23.2 Å². The fourth-order valence-electron chi connectivity index (χ4n) is 1.38. The van der Waals surface area contributed by atoms with Gasteiger partial charge in [-0.05, 0) is 30.9 Å². The molecule has 3 heteroatoms. The average molecular weight is 216 g/mol. The van der Waals surface area contributed by atoms with Crippen LogP contribution in [0.25, 0.3) is 0 Å². The molecule has 1 aromatic rings. The van der Waals surface area contributed by atoms with E-state index in [1.165, 1.54) is 12.8 Å². The lowest BCUT2D eigenvalue weighted by molar-refractivity contribution is 0.724. The van der Waals surface area contributed by atoms with Crippen molar-refractivity contribution in [2.24, 2.45) is 5.92 Å². The molecule has 1 heterocycles. The summed E-state index contributed by atoms with van der Waals surface area (Å²) in [5.74, 6) is 0.694. The second-order valence-corrected chi connectivity index (χ2v) is 4.46. The van der Waals surface area contributed by atoms with Crippen LogP contribution >= 0.6 is 23.2 Å². The average Bonchev–Trinajstić information content (AvgIpc) is 2.91. The SMILES string of the molecule is Clc1cccnc1CC(Cl)C1CC1. The highest BCUT2D eigenvalue weighted by molar-refractivity contribution is 6.31. The van der Waals surface area contributed by atoms with E-state index in [4.69, 9.17) is 23.2 Å². The summed E-state index contributed by atoms with van der Waals surface area (Å²) < 4.78 is 0. The maximum absolute atomic E-state index is 6.19. The van der Waals surface area contributed by atoms with Gasteiger partial charge in [0, 0.05) is 18.0 Å². The summed E-state index contributed by atoms with van der Waals surface area (Å²) in [6.45, 7) is 0. The summed E-state index contributed by atoms with van der Waals surface area (Å²) in [5, 5.41) is 0.946. The van der Waals surface area contributed by atoms with Crippen LogP contribution in [0, 0.1) is 5.92 Å². The first-order valence-corrected chi connectivity index (χ1v) is 5.32. The van der Waals surface area contributed by atoms with Crippen molar-refractivity contribution in [3.63, 3.8) is 0 Å². The molecule has 1 aromatic heterocycles. The highest BCUT2D eigenvalue weighted by atomic mass is 35.5. The Morgan fingerprint density at radius 1 is 1.54 bits per heavy atom. The zero-order chi connectivity index (χ0) is 9.26. The second-order valence-electron chi connectivity index (χ2n) is 3.49. The van der Waals surface area contributed by atoms with Crippen molar-refractivity contribution < 1.29 is 0 Å². The molecule has 70 valence electrons. The van der Waals surface area contributed by atoms with Crippen molar-refractivity contribution in [2.45, 2.75) is 24.6 Å². The van der Waals surface area contributed by atoms with Crippen LogP contribution in [0.5, 0.6) is 0 Å². The topological polar surface area (TPSA) is 12.9 Å². The Kier molecular flexibility index (Phi) is 2.75. The lowest BCUT2D eigenvalue weighted by atomic mass is 10.1. The zero-order valence-corrected chi connectivity index (χ0v) is 8.72. The van der Waals surface area contributed by atoms with Crippen LogP contribution in [0.3, 0.4) is 0 Å². The minimum atomic E-state index is 0.215. The van der Waals surface area contributed by atoms with Crippen molar-refractivity contribution in [3.05, 3.63) is 29.0 Å². The Bertz CT molecular complexity index is 297. The number of hydrogen-bond acceptors (Lipinski definition) is 1. The Labute approximate surface area is 88.1 Å². The van der Waals surface area contributed by atoms with E-state index in [9.17, 15) is 0 Å².